The quantitative estimate of drug-likeness (QED) is 0.830. The molecule has 0 amide bonds. The van der Waals surface area contributed by atoms with Crippen LogP contribution in [0.5, 0.6) is 0 Å². The van der Waals surface area contributed by atoms with E-state index in [0.29, 0.717) is 5.02 Å². The minimum atomic E-state index is -0.0463. The molecule has 0 aliphatic heterocycles. The van der Waals surface area contributed by atoms with Crippen LogP contribution < -0.4 is 10.2 Å². The van der Waals surface area contributed by atoms with Crippen molar-refractivity contribution in [2.45, 2.75) is 32.9 Å². The smallest absolute Gasteiger partial charge is 0.148 e. The minimum absolute atomic E-state index is 0.0463. The van der Waals surface area contributed by atoms with Crippen molar-refractivity contribution < 1.29 is 0 Å². The van der Waals surface area contributed by atoms with Crippen LogP contribution in [0.15, 0.2) is 24.9 Å². The van der Waals surface area contributed by atoms with Crippen molar-refractivity contribution in [3.63, 3.8) is 0 Å². The maximum Gasteiger partial charge on any atom is 0.148 e. The van der Waals surface area contributed by atoms with Gasteiger partial charge in [-0.2, -0.15) is 0 Å². The summed E-state index contributed by atoms with van der Waals surface area (Å²) in [5.74, 6) is 0.809. The fourth-order valence-electron chi connectivity index (χ4n) is 1.78. The van der Waals surface area contributed by atoms with Gasteiger partial charge in [-0.25, -0.2) is 4.98 Å². The van der Waals surface area contributed by atoms with Crippen molar-refractivity contribution in [2.75, 3.05) is 18.5 Å². The molecular weight excluding hydrogens is 246 g/mol. The Bertz CT molecular complexity index is 410. The second kappa shape index (κ2) is 6.21. The monoisotopic (exact) mass is 267 g/mol. The van der Waals surface area contributed by atoms with Gasteiger partial charge in [0.15, 0.2) is 0 Å². The first-order valence-electron chi connectivity index (χ1n) is 6.07. The molecule has 0 bridgehead atoms. The standard InChI is InChI=1S/C14H22ClN3/c1-6-7-18(14(2,3)4)13-12(15)8-11(9-16-5)10-17-13/h6,8,10,16H,1,7,9H2,2-5H3. The van der Waals surface area contributed by atoms with Crippen LogP contribution in [0.2, 0.25) is 5.02 Å². The van der Waals surface area contributed by atoms with E-state index in [2.05, 4.69) is 42.6 Å². The molecule has 100 valence electrons. The van der Waals surface area contributed by atoms with Crippen LogP contribution in [-0.4, -0.2) is 24.1 Å². The van der Waals surface area contributed by atoms with Crippen molar-refractivity contribution in [3.05, 3.63) is 35.5 Å². The Labute approximate surface area is 115 Å². The largest absolute Gasteiger partial charge is 0.347 e. The summed E-state index contributed by atoms with van der Waals surface area (Å²) in [5.41, 5.74) is 1.04. The Kier molecular flexibility index (Phi) is 5.17. The fraction of sp³-hybridized carbons (Fsp3) is 0.500. The second-order valence-electron chi connectivity index (χ2n) is 5.25. The Balaban J connectivity index is 3.09. The van der Waals surface area contributed by atoms with E-state index in [4.69, 9.17) is 11.6 Å². The van der Waals surface area contributed by atoms with Crippen molar-refractivity contribution in [1.82, 2.24) is 10.3 Å². The van der Waals surface area contributed by atoms with Gasteiger partial charge in [0.05, 0.1) is 5.02 Å². The van der Waals surface area contributed by atoms with Crippen LogP contribution >= 0.6 is 11.6 Å². The third-order valence-corrected chi connectivity index (χ3v) is 2.91. The zero-order valence-corrected chi connectivity index (χ0v) is 12.4. The molecular formula is C14H22ClN3. The summed E-state index contributed by atoms with van der Waals surface area (Å²) in [6, 6.07) is 1.96. The maximum atomic E-state index is 6.34. The van der Waals surface area contributed by atoms with Crippen molar-refractivity contribution >= 4 is 17.4 Å². The van der Waals surface area contributed by atoms with Crippen LogP contribution in [0.4, 0.5) is 5.82 Å². The molecule has 1 rings (SSSR count). The van der Waals surface area contributed by atoms with Gasteiger partial charge >= 0.3 is 0 Å². The van der Waals surface area contributed by atoms with Gasteiger partial charge in [0.2, 0.25) is 0 Å². The minimum Gasteiger partial charge on any atom is -0.347 e. The van der Waals surface area contributed by atoms with E-state index in [1.807, 2.05) is 25.4 Å². The van der Waals surface area contributed by atoms with Crippen LogP contribution in [-0.2, 0) is 6.54 Å². The van der Waals surface area contributed by atoms with Crippen molar-refractivity contribution in [3.8, 4) is 0 Å². The lowest BCUT2D eigenvalue weighted by Crippen LogP contribution is -2.42. The van der Waals surface area contributed by atoms with Crippen LogP contribution in [0.25, 0.3) is 0 Å². The molecule has 0 aromatic carbocycles. The first-order chi connectivity index (χ1) is 8.40. The number of aromatic nitrogens is 1. The van der Waals surface area contributed by atoms with Gasteiger partial charge in [-0.05, 0) is 39.4 Å². The summed E-state index contributed by atoms with van der Waals surface area (Å²) in [5, 5.41) is 3.77. The summed E-state index contributed by atoms with van der Waals surface area (Å²) in [6.07, 6.45) is 3.73. The van der Waals surface area contributed by atoms with Gasteiger partial charge in [0, 0.05) is 24.8 Å². The van der Waals surface area contributed by atoms with Crippen LogP contribution in [0.1, 0.15) is 26.3 Å². The van der Waals surface area contributed by atoms with Gasteiger partial charge in [0.25, 0.3) is 0 Å². The number of hydrogen-bond acceptors (Lipinski definition) is 3. The molecule has 0 saturated carbocycles. The summed E-state index contributed by atoms with van der Waals surface area (Å²) < 4.78 is 0. The highest BCUT2D eigenvalue weighted by atomic mass is 35.5. The number of nitrogens with one attached hydrogen (secondary N) is 1. The fourth-order valence-corrected chi connectivity index (χ4v) is 2.07. The molecule has 0 radical (unpaired) electrons. The summed E-state index contributed by atoms with van der Waals surface area (Å²) in [7, 11) is 1.90. The molecule has 0 aliphatic rings. The topological polar surface area (TPSA) is 28.2 Å². The van der Waals surface area contributed by atoms with Gasteiger partial charge < -0.3 is 10.2 Å². The highest BCUT2D eigenvalue weighted by molar-refractivity contribution is 6.33. The first-order valence-corrected chi connectivity index (χ1v) is 6.45. The SMILES string of the molecule is C=CCN(c1ncc(CNC)cc1Cl)C(C)(C)C. The van der Waals surface area contributed by atoms with E-state index in [0.717, 1.165) is 24.5 Å². The Hall–Kier alpha value is -1.06. The Morgan fingerprint density at radius 1 is 1.50 bits per heavy atom. The average molecular weight is 268 g/mol. The zero-order chi connectivity index (χ0) is 13.8. The molecule has 4 heteroatoms. The Morgan fingerprint density at radius 2 is 2.17 bits per heavy atom. The molecule has 0 atom stereocenters. The number of nitrogens with zero attached hydrogens (tertiary/aromatic N) is 2. The lowest BCUT2D eigenvalue weighted by molar-refractivity contribution is 0.517. The van der Waals surface area contributed by atoms with Gasteiger partial charge in [-0.1, -0.05) is 17.7 Å². The summed E-state index contributed by atoms with van der Waals surface area (Å²) in [6.45, 7) is 11.7. The molecule has 0 fully saturated rings. The van der Waals surface area contributed by atoms with E-state index >= 15 is 0 Å². The molecule has 0 unspecified atom stereocenters. The van der Waals surface area contributed by atoms with Gasteiger partial charge in [-0.15, -0.1) is 6.58 Å². The number of halogens is 1. The van der Waals surface area contributed by atoms with E-state index < -0.39 is 0 Å². The normalized spacial score (nSPS) is 11.4. The second-order valence-corrected chi connectivity index (χ2v) is 5.66. The summed E-state index contributed by atoms with van der Waals surface area (Å²) in [4.78, 5) is 6.63. The molecule has 0 saturated heterocycles. The lowest BCUT2D eigenvalue weighted by Gasteiger charge is -2.36. The number of anilines is 1. The van der Waals surface area contributed by atoms with Gasteiger partial charge in [0.1, 0.15) is 5.82 Å². The molecule has 18 heavy (non-hydrogen) atoms. The van der Waals surface area contributed by atoms with Crippen LogP contribution in [0.3, 0.4) is 0 Å². The Morgan fingerprint density at radius 3 is 2.61 bits per heavy atom. The third kappa shape index (κ3) is 3.72. The highest BCUT2D eigenvalue weighted by Gasteiger charge is 2.23. The number of rotatable bonds is 5. The van der Waals surface area contributed by atoms with Crippen molar-refractivity contribution in [2.24, 2.45) is 0 Å². The van der Waals surface area contributed by atoms with E-state index in [9.17, 15) is 0 Å². The molecule has 0 spiro atoms. The number of hydrogen-bond donors (Lipinski definition) is 1. The van der Waals surface area contributed by atoms with Gasteiger partial charge in [-0.3, -0.25) is 0 Å². The molecule has 1 heterocycles. The van der Waals surface area contributed by atoms with Crippen LogP contribution in [0, 0.1) is 0 Å². The van der Waals surface area contributed by atoms with Crippen molar-refractivity contribution in [1.29, 1.82) is 0 Å². The molecule has 1 aromatic heterocycles. The number of pyridine rings is 1. The molecule has 1 aromatic rings. The maximum absolute atomic E-state index is 6.34. The third-order valence-electron chi connectivity index (χ3n) is 2.64. The average Bonchev–Trinajstić information content (AvgIpc) is 2.26. The summed E-state index contributed by atoms with van der Waals surface area (Å²) >= 11 is 6.34. The molecule has 0 aliphatic carbocycles. The highest BCUT2D eigenvalue weighted by Crippen LogP contribution is 2.29. The van der Waals surface area contributed by atoms with E-state index in [1.165, 1.54) is 0 Å². The molecule has 1 N–H and O–H groups in total. The van der Waals surface area contributed by atoms with E-state index in [1.54, 1.807) is 0 Å². The predicted octanol–water partition coefficient (Wildman–Crippen LogP) is 3.25. The predicted molar refractivity (Wildman–Crippen MR) is 79.3 cm³/mol. The first kappa shape index (κ1) is 15.0. The van der Waals surface area contributed by atoms with E-state index in [-0.39, 0.29) is 5.54 Å². The molecule has 3 nitrogen and oxygen atoms in total. The lowest BCUT2D eigenvalue weighted by atomic mass is 10.1. The zero-order valence-electron chi connectivity index (χ0n) is 11.6.